The maximum absolute atomic E-state index is 12.9. The maximum Gasteiger partial charge on any atom is 0.420 e. The van der Waals surface area contributed by atoms with Crippen molar-refractivity contribution in [3.05, 3.63) is 35.1 Å². The molecule has 2 aromatic rings. The minimum atomic E-state index is -4.62. The highest BCUT2D eigenvalue weighted by Gasteiger charge is 2.85. The number of alkyl halides is 3. The highest BCUT2D eigenvalue weighted by atomic mass is 35.5. The van der Waals surface area contributed by atoms with E-state index in [1.165, 1.54) is 20.0 Å². The van der Waals surface area contributed by atoms with Crippen LogP contribution in [0.15, 0.2) is 24.4 Å². The molecule has 1 aromatic heterocycles. The summed E-state index contributed by atoms with van der Waals surface area (Å²) >= 11 is 5.73. The Kier molecular flexibility index (Phi) is 5.28. The number of piperidine rings is 1. The molecule has 0 amide bonds. The van der Waals surface area contributed by atoms with Crippen molar-refractivity contribution in [2.24, 2.45) is 17.3 Å². The zero-order valence-electron chi connectivity index (χ0n) is 21.1. The van der Waals surface area contributed by atoms with Gasteiger partial charge in [-0.2, -0.15) is 13.2 Å². The van der Waals surface area contributed by atoms with Gasteiger partial charge in [0.05, 0.1) is 18.4 Å². The average molecular weight is 550 g/mol. The summed E-state index contributed by atoms with van der Waals surface area (Å²) in [5, 5.41) is 16.8. The Hall–Kier alpha value is -2.30. The number of hydrogen-bond donors (Lipinski definition) is 3. The molecule has 3 N–H and O–H groups in total. The van der Waals surface area contributed by atoms with Crippen LogP contribution in [-0.2, 0) is 6.18 Å². The van der Waals surface area contributed by atoms with Crippen LogP contribution in [0.5, 0.6) is 5.75 Å². The molecule has 204 valence electrons. The van der Waals surface area contributed by atoms with Crippen LogP contribution in [0.1, 0.15) is 50.5 Å². The Bertz CT molecular complexity index is 1270. The Morgan fingerprint density at radius 3 is 2.45 bits per heavy atom. The molecule has 1 saturated heterocycles. The van der Waals surface area contributed by atoms with Crippen LogP contribution in [0.25, 0.3) is 0 Å². The van der Waals surface area contributed by atoms with Crippen LogP contribution in [0.4, 0.5) is 30.5 Å². The van der Waals surface area contributed by atoms with Gasteiger partial charge in [0.1, 0.15) is 16.5 Å². The number of aromatic nitrogens is 2. The number of hydrogen-bond acceptors (Lipinski definition) is 7. The van der Waals surface area contributed by atoms with E-state index in [0.717, 1.165) is 50.9 Å². The summed E-state index contributed by atoms with van der Waals surface area (Å²) in [6, 6.07) is 5.91. The molecule has 2 unspecified atom stereocenters. The van der Waals surface area contributed by atoms with Gasteiger partial charge in [-0.1, -0.05) is 11.6 Å². The molecule has 1 aliphatic heterocycles. The van der Waals surface area contributed by atoms with Crippen LogP contribution in [-0.4, -0.2) is 57.4 Å². The summed E-state index contributed by atoms with van der Waals surface area (Å²) < 4.78 is 44.4. The van der Waals surface area contributed by atoms with Crippen molar-refractivity contribution < 1.29 is 23.0 Å². The third kappa shape index (κ3) is 3.42. The first-order valence-electron chi connectivity index (χ1n) is 13.3. The van der Waals surface area contributed by atoms with E-state index < -0.39 is 16.9 Å². The van der Waals surface area contributed by atoms with Gasteiger partial charge in [0.15, 0.2) is 0 Å². The Morgan fingerprint density at radius 2 is 1.84 bits per heavy atom. The fraction of sp³-hybridized carbons (Fsp3) is 0.630. The average Bonchev–Trinajstić information content (AvgIpc) is 2.84. The highest BCUT2D eigenvalue weighted by Crippen LogP contribution is 2.84. The van der Waals surface area contributed by atoms with Gasteiger partial charge in [-0.15, -0.1) is 0 Å². The largest absolute Gasteiger partial charge is 0.494 e. The monoisotopic (exact) mass is 549 g/mol. The molecule has 5 bridgehead atoms. The summed E-state index contributed by atoms with van der Waals surface area (Å²) in [6.07, 6.45) is 3.79. The molecule has 7 nitrogen and oxygen atoms in total. The summed E-state index contributed by atoms with van der Waals surface area (Å²) in [5.74, 6) is 1.81. The van der Waals surface area contributed by atoms with E-state index in [-0.39, 0.29) is 11.5 Å². The number of ether oxygens (including phenoxy) is 1. The lowest BCUT2D eigenvalue weighted by molar-refractivity contribution is -0.388. The summed E-state index contributed by atoms with van der Waals surface area (Å²) in [6.45, 7) is 2.15. The second kappa shape index (κ2) is 8.11. The molecule has 11 heteroatoms. The number of halogens is 4. The van der Waals surface area contributed by atoms with E-state index >= 15 is 0 Å². The fourth-order valence-corrected chi connectivity index (χ4v) is 9.45. The van der Waals surface area contributed by atoms with E-state index in [1.54, 1.807) is 6.07 Å². The van der Waals surface area contributed by atoms with Crippen molar-refractivity contribution in [2.75, 3.05) is 30.8 Å². The van der Waals surface area contributed by atoms with Gasteiger partial charge >= 0.3 is 6.18 Å². The molecule has 1 spiro atoms. The fourth-order valence-electron chi connectivity index (χ4n) is 9.22. The van der Waals surface area contributed by atoms with Crippen LogP contribution in [0.2, 0.25) is 5.15 Å². The SMILES string of the molecule is COc1cc(NC2CCN(C34C5CC6(O)CC3CC4(C5)C6)CC2)ccc1Nc1ncc(C(F)(F)F)c(Cl)n1. The Balaban J connectivity index is 0.996. The molecule has 7 aliphatic carbocycles. The third-order valence-electron chi connectivity index (χ3n) is 10.2. The molecular formula is C27H31ClF3N5O2. The molecule has 8 fully saturated rings. The molecule has 2 atom stereocenters. The quantitative estimate of drug-likeness (QED) is 0.412. The van der Waals surface area contributed by atoms with Gasteiger partial charge in [0.25, 0.3) is 0 Å². The Morgan fingerprint density at radius 1 is 1.13 bits per heavy atom. The molecule has 8 aliphatic rings. The van der Waals surface area contributed by atoms with Gasteiger partial charge in [-0.3, -0.25) is 4.90 Å². The predicted molar refractivity (Wildman–Crippen MR) is 137 cm³/mol. The number of benzene rings is 1. The van der Waals surface area contributed by atoms with Crippen molar-refractivity contribution in [3.63, 3.8) is 0 Å². The molecule has 0 radical (unpaired) electrons. The number of aliphatic hydroxyl groups is 1. The number of nitrogens with one attached hydrogen (secondary N) is 2. The predicted octanol–water partition coefficient (Wildman–Crippen LogP) is 5.47. The number of likely N-dealkylation sites (tertiary alicyclic amines) is 1. The lowest BCUT2D eigenvalue weighted by atomic mass is 9.22. The van der Waals surface area contributed by atoms with E-state index in [4.69, 9.17) is 16.3 Å². The van der Waals surface area contributed by atoms with Crippen LogP contribution >= 0.6 is 11.6 Å². The van der Waals surface area contributed by atoms with E-state index in [0.29, 0.717) is 46.5 Å². The van der Waals surface area contributed by atoms with Gasteiger partial charge in [-0.25, -0.2) is 9.97 Å². The van der Waals surface area contributed by atoms with E-state index in [9.17, 15) is 18.3 Å². The van der Waals surface area contributed by atoms with Gasteiger partial charge in [0, 0.05) is 42.6 Å². The number of rotatable bonds is 6. The minimum Gasteiger partial charge on any atom is -0.494 e. The topological polar surface area (TPSA) is 82.5 Å². The molecule has 10 rings (SSSR count). The van der Waals surface area contributed by atoms with Crippen molar-refractivity contribution in [2.45, 2.75) is 68.3 Å². The van der Waals surface area contributed by atoms with Crippen molar-refractivity contribution in [1.29, 1.82) is 0 Å². The zero-order valence-corrected chi connectivity index (χ0v) is 21.9. The van der Waals surface area contributed by atoms with E-state index in [2.05, 4.69) is 25.5 Å². The number of methoxy groups -OCH3 is 1. The summed E-state index contributed by atoms with van der Waals surface area (Å²) in [4.78, 5) is 10.3. The summed E-state index contributed by atoms with van der Waals surface area (Å²) in [7, 11) is 1.54. The highest BCUT2D eigenvalue weighted by molar-refractivity contribution is 6.30. The normalized spacial score (nSPS) is 35.8. The number of anilines is 3. The lowest BCUT2D eigenvalue weighted by Gasteiger charge is -2.88. The van der Waals surface area contributed by atoms with Crippen LogP contribution in [0.3, 0.4) is 0 Å². The summed E-state index contributed by atoms with van der Waals surface area (Å²) in [5.41, 5.74) is 0.727. The molecule has 1 aromatic carbocycles. The second-order valence-electron chi connectivity index (χ2n) is 12.1. The van der Waals surface area contributed by atoms with Crippen LogP contribution in [0, 0.1) is 17.3 Å². The smallest absolute Gasteiger partial charge is 0.420 e. The first kappa shape index (κ1) is 24.7. The zero-order chi connectivity index (χ0) is 26.5. The second-order valence-corrected chi connectivity index (χ2v) is 12.4. The van der Waals surface area contributed by atoms with Crippen molar-refractivity contribution in [3.8, 4) is 5.75 Å². The molecule has 2 heterocycles. The van der Waals surface area contributed by atoms with Crippen LogP contribution < -0.4 is 15.4 Å². The van der Waals surface area contributed by atoms with Gasteiger partial charge < -0.3 is 20.5 Å². The standard InChI is InChI=1S/C27H31ClF3N5O2/c1-38-21-8-18(2-3-20(21)34-23-32-13-19(22(28)35-23)27(29,30)31)33-17-4-6-36(7-5-17)26-15-9-24(26)10-16(26)12-25(37,11-15)14-24/h2-3,8,13,15-17,33,37H,4-7,9-12,14H2,1H3,(H,32,34,35). The number of nitrogens with zero attached hydrogens (tertiary/aromatic N) is 3. The third-order valence-corrected chi connectivity index (χ3v) is 10.5. The Labute approximate surface area is 224 Å². The van der Waals surface area contributed by atoms with Crippen molar-refractivity contribution in [1.82, 2.24) is 14.9 Å². The minimum absolute atomic E-state index is 0.0480. The molecule has 38 heavy (non-hydrogen) atoms. The molecule has 7 saturated carbocycles. The first-order valence-corrected chi connectivity index (χ1v) is 13.7. The van der Waals surface area contributed by atoms with E-state index in [1.807, 2.05) is 12.1 Å². The molecular weight excluding hydrogens is 519 g/mol. The van der Waals surface area contributed by atoms with Gasteiger partial charge in [0.2, 0.25) is 5.95 Å². The van der Waals surface area contributed by atoms with Crippen molar-refractivity contribution >= 4 is 28.9 Å². The first-order chi connectivity index (χ1) is 18.1. The lowest BCUT2D eigenvalue weighted by Crippen LogP contribution is -2.90. The van der Waals surface area contributed by atoms with Gasteiger partial charge in [-0.05, 0) is 74.3 Å². The maximum atomic E-state index is 12.9.